The zero-order chi connectivity index (χ0) is 11.4. The van der Waals surface area contributed by atoms with Crippen molar-refractivity contribution < 1.29 is 23.5 Å². The maximum atomic E-state index is 11.3. The number of hydrogen-bond acceptors (Lipinski definition) is 5. The molecule has 0 aliphatic carbocycles. The lowest BCUT2D eigenvalue weighted by molar-refractivity contribution is -0.140. The van der Waals surface area contributed by atoms with Crippen LogP contribution in [0.2, 0.25) is 0 Å². The minimum atomic E-state index is -0.522. The molecule has 1 heterocycles. The van der Waals surface area contributed by atoms with Crippen LogP contribution in [0, 0.1) is 6.92 Å². The van der Waals surface area contributed by atoms with E-state index >= 15 is 0 Å². The minimum Gasteiger partial charge on any atom is -0.469 e. The van der Waals surface area contributed by atoms with Crippen LogP contribution in [0.3, 0.4) is 0 Å². The Kier molecular flexibility index (Phi) is 3.49. The topological polar surface area (TPSA) is 65.7 Å². The van der Waals surface area contributed by atoms with Crippen LogP contribution in [0.5, 0.6) is 0 Å². The van der Waals surface area contributed by atoms with E-state index in [9.17, 15) is 9.59 Å². The number of aryl methyl sites for hydroxylation is 1. The predicted octanol–water partition coefficient (Wildman–Crippen LogP) is 1.09. The number of hydrogen-bond donors (Lipinski definition) is 0. The molecule has 1 aromatic rings. The van der Waals surface area contributed by atoms with Gasteiger partial charge in [0.1, 0.15) is 23.5 Å². The van der Waals surface area contributed by atoms with Crippen molar-refractivity contribution in [2.45, 2.75) is 13.3 Å². The van der Waals surface area contributed by atoms with Crippen molar-refractivity contribution in [2.24, 2.45) is 0 Å². The normalized spacial score (nSPS) is 9.80. The van der Waals surface area contributed by atoms with Gasteiger partial charge < -0.3 is 13.9 Å². The molecule has 0 unspecified atom stereocenters. The van der Waals surface area contributed by atoms with Gasteiger partial charge in [0.25, 0.3) is 0 Å². The summed E-state index contributed by atoms with van der Waals surface area (Å²) in [4.78, 5) is 22.3. The largest absolute Gasteiger partial charge is 0.469 e. The molecule has 0 saturated carbocycles. The molecule has 0 aliphatic heterocycles. The summed E-state index contributed by atoms with van der Waals surface area (Å²) in [5, 5.41) is 0. The van der Waals surface area contributed by atoms with Crippen LogP contribution in [0.4, 0.5) is 0 Å². The van der Waals surface area contributed by atoms with E-state index in [1.165, 1.54) is 20.3 Å². The molecule has 1 rings (SSSR count). The van der Waals surface area contributed by atoms with E-state index in [1.807, 2.05) is 0 Å². The number of rotatable bonds is 3. The van der Waals surface area contributed by atoms with Crippen molar-refractivity contribution in [2.75, 3.05) is 14.2 Å². The number of furan rings is 1. The smallest absolute Gasteiger partial charge is 0.341 e. The Balaban J connectivity index is 2.96. The minimum absolute atomic E-state index is 0.0746. The summed E-state index contributed by atoms with van der Waals surface area (Å²) in [6, 6.07) is 1.53. The number of carbonyl (C=O) groups excluding carboxylic acids is 2. The molecule has 0 amide bonds. The van der Waals surface area contributed by atoms with Gasteiger partial charge in [-0.3, -0.25) is 4.79 Å². The summed E-state index contributed by atoms with van der Waals surface area (Å²) < 4.78 is 14.2. The fourth-order valence-corrected chi connectivity index (χ4v) is 1.18. The van der Waals surface area contributed by atoms with Gasteiger partial charge in [-0.05, 0) is 13.0 Å². The average Bonchev–Trinajstić information content (AvgIpc) is 2.58. The van der Waals surface area contributed by atoms with Gasteiger partial charge in [-0.25, -0.2) is 4.79 Å². The fourth-order valence-electron chi connectivity index (χ4n) is 1.18. The highest BCUT2D eigenvalue weighted by Gasteiger charge is 2.19. The standard InChI is InChI=1S/C10H12O5/c1-6-4-7(10(12)14-3)8(15-6)5-9(11)13-2/h4H,5H2,1-3H3. The zero-order valence-corrected chi connectivity index (χ0v) is 8.83. The molecule has 1 aromatic heterocycles. The first-order valence-corrected chi connectivity index (χ1v) is 4.33. The molecule has 0 aliphatic rings. The van der Waals surface area contributed by atoms with Gasteiger partial charge >= 0.3 is 11.9 Å². The Morgan fingerprint density at radius 1 is 1.33 bits per heavy atom. The molecule has 0 bridgehead atoms. The zero-order valence-electron chi connectivity index (χ0n) is 8.83. The van der Waals surface area contributed by atoms with Crippen LogP contribution in [0.15, 0.2) is 10.5 Å². The fraction of sp³-hybridized carbons (Fsp3) is 0.400. The van der Waals surface area contributed by atoms with Crippen LogP contribution < -0.4 is 0 Å². The Morgan fingerprint density at radius 3 is 2.53 bits per heavy atom. The second-order valence-corrected chi connectivity index (χ2v) is 2.94. The summed E-state index contributed by atoms with van der Waals surface area (Å²) in [6.07, 6.45) is -0.0746. The monoisotopic (exact) mass is 212 g/mol. The van der Waals surface area contributed by atoms with E-state index in [0.717, 1.165) is 0 Å². The van der Waals surface area contributed by atoms with Crippen LogP contribution in [-0.2, 0) is 20.7 Å². The third kappa shape index (κ3) is 2.59. The van der Waals surface area contributed by atoms with Crippen molar-refractivity contribution in [3.8, 4) is 0 Å². The van der Waals surface area contributed by atoms with Crippen molar-refractivity contribution in [3.05, 3.63) is 23.2 Å². The van der Waals surface area contributed by atoms with Crippen LogP contribution in [-0.4, -0.2) is 26.2 Å². The van der Waals surface area contributed by atoms with Crippen LogP contribution >= 0.6 is 0 Å². The Bertz CT molecular complexity index is 377. The van der Waals surface area contributed by atoms with Crippen molar-refractivity contribution in [3.63, 3.8) is 0 Å². The second-order valence-electron chi connectivity index (χ2n) is 2.94. The van der Waals surface area contributed by atoms with E-state index in [1.54, 1.807) is 6.92 Å². The third-order valence-corrected chi connectivity index (χ3v) is 1.87. The number of ether oxygens (including phenoxy) is 2. The molecule has 0 N–H and O–H groups in total. The third-order valence-electron chi connectivity index (χ3n) is 1.87. The lowest BCUT2D eigenvalue weighted by atomic mass is 10.2. The highest BCUT2D eigenvalue weighted by atomic mass is 16.5. The van der Waals surface area contributed by atoms with E-state index < -0.39 is 11.9 Å². The molecule has 0 radical (unpaired) electrons. The first kappa shape index (κ1) is 11.3. The molecule has 15 heavy (non-hydrogen) atoms. The molecule has 0 aromatic carbocycles. The lowest BCUT2D eigenvalue weighted by Gasteiger charge is -1.99. The Hall–Kier alpha value is -1.78. The van der Waals surface area contributed by atoms with Gasteiger partial charge in [-0.1, -0.05) is 0 Å². The number of esters is 2. The van der Waals surface area contributed by atoms with Crippen molar-refractivity contribution >= 4 is 11.9 Å². The molecular weight excluding hydrogens is 200 g/mol. The molecular formula is C10H12O5. The van der Waals surface area contributed by atoms with Crippen LogP contribution in [0.1, 0.15) is 21.9 Å². The highest BCUT2D eigenvalue weighted by Crippen LogP contribution is 2.16. The SMILES string of the molecule is COC(=O)Cc1oc(C)cc1C(=O)OC. The summed E-state index contributed by atoms with van der Waals surface area (Å²) in [7, 11) is 2.54. The summed E-state index contributed by atoms with van der Waals surface area (Å²) in [6.45, 7) is 1.69. The summed E-state index contributed by atoms with van der Waals surface area (Å²) in [5.74, 6) is -0.166. The van der Waals surface area contributed by atoms with Crippen molar-refractivity contribution in [1.82, 2.24) is 0 Å². The molecule has 5 nitrogen and oxygen atoms in total. The Labute approximate surface area is 87.0 Å². The van der Waals surface area contributed by atoms with Crippen LogP contribution in [0.25, 0.3) is 0 Å². The predicted molar refractivity (Wildman–Crippen MR) is 50.5 cm³/mol. The molecule has 5 heteroatoms. The maximum absolute atomic E-state index is 11.3. The quantitative estimate of drug-likeness (QED) is 0.701. The van der Waals surface area contributed by atoms with Gasteiger partial charge in [0.2, 0.25) is 0 Å². The molecule has 0 atom stereocenters. The van der Waals surface area contributed by atoms with Gasteiger partial charge in [-0.15, -0.1) is 0 Å². The molecule has 0 spiro atoms. The van der Waals surface area contributed by atoms with E-state index in [2.05, 4.69) is 9.47 Å². The summed E-state index contributed by atoms with van der Waals surface area (Å²) >= 11 is 0. The summed E-state index contributed by atoms with van der Waals surface area (Å²) in [5.41, 5.74) is 0.264. The highest BCUT2D eigenvalue weighted by molar-refractivity contribution is 5.91. The van der Waals surface area contributed by atoms with Gasteiger partial charge in [0.05, 0.1) is 14.2 Å². The van der Waals surface area contributed by atoms with Gasteiger partial charge in [-0.2, -0.15) is 0 Å². The van der Waals surface area contributed by atoms with Gasteiger partial charge in [0, 0.05) is 0 Å². The van der Waals surface area contributed by atoms with Gasteiger partial charge in [0.15, 0.2) is 0 Å². The van der Waals surface area contributed by atoms with E-state index in [-0.39, 0.29) is 17.7 Å². The average molecular weight is 212 g/mol. The first-order valence-electron chi connectivity index (χ1n) is 4.33. The van der Waals surface area contributed by atoms with E-state index in [4.69, 9.17) is 4.42 Å². The molecule has 0 saturated heterocycles. The first-order chi connectivity index (χ1) is 7.08. The Morgan fingerprint density at radius 2 is 2.00 bits per heavy atom. The second kappa shape index (κ2) is 4.63. The maximum Gasteiger partial charge on any atom is 0.341 e. The molecule has 0 fully saturated rings. The number of methoxy groups -OCH3 is 2. The van der Waals surface area contributed by atoms with Crippen molar-refractivity contribution in [1.29, 1.82) is 0 Å². The number of carbonyl (C=O) groups is 2. The molecule has 82 valence electrons. The lowest BCUT2D eigenvalue weighted by Crippen LogP contribution is -2.09. The van der Waals surface area contributed by atoms with E-state index in [0.29, 0.717) is 5.76 Å².